The Kier molecular flexibility index (Phi) is 4.58. The highest BCUT2D eigenvalue weighted by molar-refractivity contribution is 7.14. The minimum absolute atomic E-state index is 0.695. The number of hydrogen-bond acceptors (Lipinski definition) is 6. The van der Waals surface area contributed by atoms with Gasteiger partial charge in [-0.25, -0.2) is 15.0 Å². The predicted molar refractivity (Wildman–Crippen MR) is 117 cm³/mol. The molecule has 1 aromatic carbocycles. The van der Waals surface area contributed by atoms with Crippen molar-refractivity contribution in [1.82, 2.24) is 15.0 Å². The van der Waals surface area contributed by atoms with Crippen LogP contribution in [0.15, 0.2) is 60.1 Å². The summed E-state index contributed by atoms with van der Waals surface area (Å²) in [6, 6.07) is 16.1. The summed E-state index contributed by atoms with van der Waals surface area (Å²) in [6.07, 6.45) is 1.84. The summed E-state index contributed by atoms with van der Waals surface area (Å²) in [6.45, 7) is 3.58. The number of hydrogen-bond donors (Lipinski definition) is 0. The number of piperazine rings is 1. The van der Waals surface area contributed by atoms with Gasteiger partial charge < -0.3 is 9.80 Å². The molecule has 3 aromatic heterocycles. The molecule has 1 aliphatic rings. The van der Waals surface area contributed by atoms with Gasteiger partial charge in [-0.05, 0) is 35.7 Å². The molecule has 0 atom stereocenters. The topological polar surface area (TPSA) is 45.2 Å². The summed E-state index contributed by atoms with van der Waals surface area (Å²) >= 11 is 7.93. The largest absolute Gasteiger partial charge is 0.353 e. The molecule has 1 saturated heterocycles. The fraction of sp³-hybridized carbons (Fsp3) is 0.190. The fourth-order valence-electron chi connectivity index (χ4n) is 3.54. The summed E-state index contributed by atoms with van der Waals surface area (Å²) in [5.74, 6) is 2.70. The molecule has 0 radical (unpaired) electrons. The predicted octanol–water partition coefficient (Wildman–Crippen LogP) is 4.73. The molecule has 140 valence electrons. The first kappa shape index (κ1) is 17.4. The molecule has 5 nitrogen and oxygen atoms in total. The van der Waals surface area contributed by atoms with E-state index in [0.717, 1.165) is 53.6 Å². The van der Waals surface area contributed by atoms with Crippen molar-refractivity contribution in [3.8, 4) is 10.7 Å². The Labute approximate surface area is 172 Å². The zero-order valence-corrected chi connectivity index (χ0v) is 16.7. The maximum absolute atomic E-state index is 6.35. The molecule has 4 aromatic rings. The molecular formula is C21H18ClN5S. The minimum atomic E-state index is 0.695. The number of nitrogens with zero attached hydrogens (tertiary/aromatic N) is 5. The van der Waals surface area contributed by atoms with Gasteiger partial charge in [-0.15, -0.1) is 11.3 Å². The van der Waals surface area contributed by atoms with E-state index in [1.807, 2.05) is 48.0 Å². The molecule has 0 aliphatic carbocycles. The van der Waals surface area contributed by atoms with Gasteiger partial charge in [-0.1, -0.05) is 29.8 Å². The van der Waals surface area contributed by atoms with Gasteiger partial charge in [0.25, 0.3) is 0 Å². The lowest BCUT2D eigenvalue weighted by atomic mass is 10.2. The first-order valence-corrected chi connectivity index (χ1v) is 10.5. The van der Waals surface area contributed by atoms with Crippen molar-refractivity contribution in [2.45, 2.75) is 0 Å². The van der Waals surface area contributed by atoms with Gasteiger partial charge in [0, 0.05) is 37.8 Å². The number of para-hydroxylation sites is 1. The van der Waals surface area contributed by atoms with Crippen molar-refractivity contribution in [3.05, 3.63) is 65.1 Å². The van der Waals surface area contributed by atoms with Crippen LogP contribution >= 0.6 is 22.9 Å². The third kappa shape index (κ3) is 3.19. The van der Waals surface area contributed by atoms with E-state index in [-0.39, 0.29) is 0 Å². The van der Waals surface area contributed by atoms with Crippen LogP contribution in [0.5, 0.6) is 0 Å². The highest BCUT2D eigenvalue weighted by Gasteiger charge is 2.22. The third-order valence-corrected chi connectivity index (χ3v) is 6.29. The molecule has 0 bridgehead atoms. The Bertz CT molecular complexity index is 1110. The van der Waals surface area contributed by atoms with E-state index < -0.39 is 0 Å². The number of aromatic nitrogens is 3. The molecule has 7 heteroatoms. The van der Waals surface area contributed by atoms with Crippen LogP contribution in [-0.4, -0.2) is 41.1 Å². The Morgan fingerprint density at radius 1 is 0.857 bits per heavy atom. The molecule has 28 heavy (non-hydrogen) atoms. The van der Waals surface area contributed by atoms with E-state index in [2.05, 4.69) is 26.9 Å². The van der Waals surface area contributed by atoms with Crippen LogP contribution in [-0.2, 0) is 0 Å². The zero-order chi connectivity index (χ0) is 18.9. The molecule has 0 unspecified atom stereocenters. The summed E-state index contributed by atoms with van der Waals surface area (Å²) in [7, 11) is 0. The van der Waals surface area contributed by atoms with E-state index >= 15 is 0 Å². The van der Waals surface area contributed by atoms with Gasteiger partial charge in [0.2, 0.25) is 0 Å². The van der Waals surface area contributed by atoms with Crippen molar-refractivity contribution in [1.29, 1.82) is 0 Å². The monoisotopic (exact) mass is 407 g/mol. The number of halogens is 1. The minimum Gasteiger partial charge on any atom is -0.353 e. The third-order valence-electron chi connectivity index (χ3n) is 4.96. The van der Waals surface area contributed by atoms with Crippen molar-refractivity contribution in [3.63, 3.8) is 0 Å². The number of anilines is 2. The SMILES string of the molecule is Clc1ccsc1-c1nc(N2CCN(c3ccccn3)CC2)c2ccccc2n1. The lowest BCUT2D eigenvalue weighted by Gasteiger charge is -2.36. The van der Waals surface area contributed by atoms with Crippen molar-refractivity contribution in [2.75, 3.05) is 36.0 Å². The fourth-order valence-corrected chi connectivity index (χ4v) is 4.62. The average molecular weight is 408 g/mol. The summed E-state index contributed by atoms with van der Waals surface area (Å²) in [5, 5.41) is 3.75. The van der Waals surface area contributed by atoms with Crippen LogP contribution in [0, 0.1) is 0 Å². The second-order valence-electron chi connectivity index (χ2n) is 6.65. The van der Waals surface area contributed by atoms with E-state index in [0.29, 0.717) is 10.8 Å². The average Bonchev–Trinajstić information content (AvgIpc) is 3.19. The number of rotatable bonds is 3. The van der Waals surface area contributed by atoms with Gasteiger partial charge >= 0.3 is 0 Å². The molecule has 0 saturated carbocycles. The normalized spacial score (nSPS) is 14.6. The summed E-state index contributed by atoms with van der Waals surface area (Å²) in [4.78, 5) is 19.7. The highest BCUT2D eigenvalue weighted by atomic mass is 35.5. The van der Waals surface area contributed by atoms with E-state index in [1.54, 1.807) is 11.3 Å². The van der Waals surface area contributed by atoms with Gasteiger partial charge in [-0.3, -0.25) is 0 Å². The highest BCUT2D eigenvalue weighted by Crippen LogP contribution is 2.34. The number of fused-ring (bicyclic) bond motifs is 1. The van der Waals surface area contributed by atoms with Crippen molar-refractivity contribution in [2.24, 2.45) is 0 Å². The lowest BCUT2D eigenvalue weighted by Crippen LogP contribution is -2.47. The second-order valence-corrected chi connectivity index (χ2v) is 7.97. The second kappa shape index (κ2) is 7.37. The van der Waals surface area contributed by atoms with Crippen LogP contribution in [0.2, 0.25) is 5.02 Å². The van der Waals surface area contributed by atoms with Crippen LogP contribution < -0.4 is 9.80 Å². The quantitative estimate of drug-likeness (QED) is 0.491. The molecule has 5 rings (SSSR count). The van der Waals surface area contributed by atoms with Crippen molar-refractivity contribution >= 4 is 45.5 Å². The summed E-state index contributed by atoms with van der Waals surface area (Å²) < 4.78 is 0. The van der Waals surface area contributed by atoms with E-state index in [1.165, 1.54) is 0 Å². The smallest absolute Gasteiger partial charge is 0.173 e. The van der Waals surface area contributed by atoms with Crippen LogP contribution in [0.4, 0.5) is 11.6 Å². The lowest BCUT2D eigenvalue weighted by molar-refractivity contribution is 0.643. The number of benzene rings is 1. The number of pyridine rings is 1. The van der Waals surface area contributed by atoms with Crippen LogP contribution in [0.25, 0.3) is 21.6 Å². The molecule has 4 heterocycles. The van der Waals surface area contributed by atoms with E-state index in [9.17, 15) is 0 Å². The molecule has 0 amide bonds. The molecule has 1 fully saturated rings. The standard InChI is InChI=1S/C21H18ClN5S/c22-16-8-14-28-19(16)20-24-17-6-2-1-5-15(17)21(25-20)27-12-10-26(11-13-27)18-7-3-4-9-23-18/h1-9,14H,10-13H2. The molecule has 0 N–H and O–H groups in total. The first-order valence-electron chi connectivity index (χ1n) is 9.21. The Morgan fingerprint density at radius 3 is 2.39 bits per heavy atom. The summed E-state index contributed by atoms with van der Waals surface area (Å²) in [5.41, 5.74) is 0.944. The molecule has 1 aliphatic heterocycles. The van der Waals surface area contributed by atoms with Crippen LogP contribution in [0.1, 0.15) is 0 Å². The molecular weight excluding hydrogens is 390 g/mol. The zero-order valence-electron chi connectivity index (χ0n) is 15.1. The Balaban J connectivity index is 1.49. The first-order chi connectivity index (χ1) is 13.8. The van der Waals surface area contributed by atoms with Gasteiger partial charge in [0.1, 0.15) is 11.6 Å². The maximum atomic E-state index is 6.35. The van der Waals surface area contributed by atoms with Gasteiger partial charge in [0.05, 0.1) is 15.4 Å². The van der Waals surface area contributed by atoms with Gasteiger partial charge in [0.15, 0.2) is 5.82 Å². The maximum Gasteiger partial charge on any atom is 0.173 e. The number of thiophene rings is 1. The van der Waals surface area contributed by atoms with Crippen LogP contribution in [0.3, 0.4) is 0 Å². The Hall–Kier alpha value is -2.70. The molecule has 0 spiro atoms. The Morgan fingerprint density at radius 2 is 1.64 bits per heavy atom. The van der Waals surface area contributed by atoms with E-state index in [4.69, 9.17) is 21.6 Å². The van der Waals surface area contributed by atoms with Crippen molar-refractivity contribution < 1.29 is 0 Å². The van der Waals surface area contributed by atoms with Gasteiger partial charge in [-0.2, -0.15) is 0 Å².